The second-order valence-electron chi connectivity index (χ2n) is 4.90. The zero-order valence-electron chi connectivity index (χ0n) is 11.8. The van der Waals surface area contributed by atoms with Crippen molar-refractivity contribution < 1.29 is 4.79 Å². The number of nitrogens with zero attached hydrogens (tertiary/aromatic N) is 2. The molecule has 1 aromatic carbocycles. The first-order valence-electron chi connectivity index (χ1n) is 6.44. The fourth-order valence-electron chi connectivity index (χ4n) is 1.85. The predicted octanol–water partition coefficient (Wildman–Crippen LogP) is 4.40. The molecule has 0 aliphatic carbocycles. The molecule has 0 saturated heterocycles. The second-order valence-corrected chi connectivity index (χ2v) is 6.36. The molecule has 2 aromatic rings. The summed E-state index contributed by atoms with van der Waals surface area (Å²) in [6.07, 6.45) is 1.53. The number of aryl methyl sites for hydroxylation is 1. The monoisotopic (exact) mass is 308 g/mol. The lowest BCUT2D eigenvalue weighted by atomic mass is 10.2. The number of carbonyl (C=O) groups excluding carboxylic acids is 1. The number of thioether (sulfide) groups is 1. The molecule has 0 spiro atoms. The van der Waals surface area contributed by atoms with E-state index in [0.29, 0.717) is 16.5 Å². The number of rotatable bonds is 5. The highest BCUT2D eigenvalue weighted by atomic mass is 35.5. The van der Waals surface area contributed by atoms with Gasteiger partial charge >= 0.3 is 0 Å². The predicted molar refractivity (Wildman–Crippen MR) is 83.9 cm³/mol. The highest BCUT2D eigenvalue weighted by Crippen LogP contribution is 2.24. The van der Waals surface area contributed by atoms with Crippen LogP contribution in [0.3, 0.4) is 0 Å². The Morgan fingerprint density at radius 3 is 2.60 bits per heavy atom. The van der Waals surface area contributed by atoms with Crippen molar-refractivity contribution in [1.29, 1.82) is 0 Å². The zero-order chi connectivity index (χ0) is 14.7. The summed E-state index contributed by atoms with van der Waals surface area (Å²) in [7, 11) is 0. The van der Waals surface area contributed by atoms with Crippen LogP contribution in [0.25, 0.3) is 0 Å². The van der Waals surface area contributed by atoms with Crippen molar-refractivity contribution in [3.63, 3.8) is 0 Å². The van der Waals surface area contributed by atoms with E-state index in [0.717, 1.165) is 4.90 Å². The van der Waals surface area contributed by atoms with Gasteiger partial charge in [0.25, 0.3) is 0 Å². The van der Waals surface area contributed by atoms with Crippen LogP contribution in [0.4, 0.5) is 0 Å². The molecule has 0 bridgehead atoms. The first kappa shape index (κ1) is 15.1. The third-order valence-corrected chi connectivity index (χ3v) is 4.18. The van der Waals surface area contributed by atoms with E-state index >= 15 is 0 Å². The van der Waals surface area contributed by atoms with Gasteiger partial charge in [0.2, 0.25) is 0 Å². The van der Waals surface area contributed by atoms with Crippen LogP contribution < -0.4 is 0 Å². The van der Waals surface area contributed by atoms with Gasteiger partial charge < -0.3 is 0 Å². The molecule has 5 heteroatoms. The summed E-state index contributed by atoms with van der Waals surface area (Å²) in [5.41, 5.74) is 1.71. The maximum atomic E-state index is 12.3. The number of hydrogen-bond acceptors (Lipinski definition) is 3. The molecule has 0 radical (unpaired) electrons. The van der Waals surface area contributed by atoms with E-state index in [1.165, 1.54) is 23.5 Å². The van der Waals surface area contributed by atoms with Crippen LogP contribution in [0.1, 0.15) is 35.9 Å². The van der Waals surface area contributed by atoms with Gasteiger partial charge in [0.1, 0.15) is 5.69 Å². The molecule has 0 aliphatic heterocycles. The fraction of sp³-hybridized carbons (Fsp3) is 0.333. The first-order valence-corrected chi connectivity index (χ1v) is 7.81. The lowest BCUT2D eigenvalue weighted by molar-refractivity contribution is 0.101. The van der Waals surface area contributed by atoms with E-state index in [1.54, 1.807) is 4.68 Å². The van der Waals surface area contributed by atoms with Crippen molar-refractivity contribution >= 4 is 29.1 Å². The maximum absolute atomic E-state index is 12.3. The Labute approximate surface area is 128 Å². The SMILES string of the molecule is Cc1ccc(SCC(=O)c2c(Cl)cnn2C(C)C)cc1. The molecule has 0 fully saturated rings. The number of carbonyl (C=O) groups is 1. The Morgan fingerprint density at radius 1 is 1.35 bits per heavy atom. The minimum atomic E-state index is 0.00627. The standard InChI is InChI=1S/C15H17ClN2OS/c1-10(2)18-15(13(16)8-17-18)14(19)9-20-12-6-4-11(3)5-7-12/h4-8,10H,9H2,1-3H3. The number of Topliss-reactive ketones (excluding diaryl/α,β-unsaturated/α-hetero) is 1. The van der Waals surface area contributed by atoms with Gasteiger partial charge in [-0.25, -0.2) is 0 Å². The molecule has 2 rings (SSSR count). The molecule has 1 aromatic heterocycles. The summed E-state index contributed by atoms with van der Waals surface area (Å²) in [5.74, 6) is 0.369. The molecule has 20 heavy (non-hydrogen) atoms. The molecule has 3 nitrogen and oxygen atoms in total. The average molecular weight is 309 g/mol. The molecule has 0 atom stereocenters. The zero-order valence-corrected chi connectivity index (χ0v) is 13.3. The van der Waals surface area contributed by atoms with Gasteiger partial charge in [0, 0.05) is 10.9 Å². The maximum Gasteiger partial charge on any atom is 0.192 e. The minimum absolute atomic E-state index is 0.00627. The van der Waals surface area contributed by atoms with E-state index in [-0.39, 0.29) is 11.8 Å². The van der Waals surface area contributed by atoms with Crippen LogP contribution in [0, 0.1) is 6.92 Å². The highest BCUT2D eigenvalue weighted by Gasteiger charge is 2.19. The Hall–Kier alpha value is -1.26. The van der Waals surface area contributed by atoms with Crippen LogP contribution in [0.5, 0.6) is 0 Å². The number of benzene rings is 1. The van der Waals surface area contributed by atoms with Gasteiger partial charge in [-0.15, -0.1) is 11.8 Å². The molecule has 106 valence electrons. The summed E-state index contributed by atoms with van der Waals surface area (Å²) < 4.78 is 1.68. The van der Waals surface area contributed by atoms with Crippen LogP contribution in [-0.4, -0.2) is 21.3 Å². The number of halogens is 1. The lowest BCUT2D eigenvalue weighted by Crippen LogP contribution is -2.14. The summed E-state index contributed by atoms with van der Waals surface area (Å²) in [6.45, 7) is 6.00. The van der Waals surface area contributed by atoms with Crippen molar-refractivity contribution in [2.45, 2.75) is 31.7 Å². The Balaban J connectivity index is 2.09. The van der Waals surface area contributed by atoms with E-state index in [1.807, 2.05) is 45.0 Å². The van der Waals surface area contributed by atoms with E-state index in [9.17, 15) is 4.79 Å². The van der Waals surface area contributed by atoms with E-state index in [2.05, 4.69) is 5.10 Å². The quantitative estimate of drug-likeness (QED) is 0.606. The van der Waals surface area contributed by atoms with Crippen molar-refractivity contribution in [2.75, 3.05) is 5.75 Å². The third-order valence-electron chi connectivity index (χ3n) is 2.89. The van der Waals surface area contributed by atoms with Crippen molar-refractivity contribution in [1.82, 2.24) is 9.78 Å². The molecule has 0 aliphatic rings. The van der Waals surface area contributed by atoms with Gasteiger partial charge in [-0.05, 0) is 32.9 Å². The summed E-state index contributed by atoms with van der Waals surface area (Å²) in [4.78, 5) is 13.4. The lowest BCUT2D eigenvalue weighted by Gasteiger charge is -2.10. The molecule has 1 heterocycles. The second kappa shape index (κ2) is 6.46. The van der Waals surface area contributed by atoms with Crippen LogP contribution >= 0.6 is 23.4 Å². The van der Waals surface area contributed by atoms with Crippen LogP contribution in [0.2, 0.25) is 5.02 Å². The van der Waals surface area contributed by atoms with Gasteiger partial charge in [-0.2, -0.15) is 5.10 Å². The summed E-state index contributed by atoms with van der Waals surface area (Å²) in [5, 5.41) is 4.58. The Morgan fingerprint density at radius 2 is 2.00 bits per heavy atom. The fourth-order valence-corrected chi connectivity index (χ4v) is 2.84. The van der Waals surface area contributed by atoms with Crippen molar-refractivity contribution in [2.24, 2.45) is 0 Å². The van der Waals surface area contributed by atoms with Crippen LogP contribution in [0.15, 0.2) is 35.4 Å². The summed E-state index contributed by atoms with van der Waals surface area (Å²) >= 11 is 7.59. The van der Waals surface area contributed by atoms with Crippen molar-refractivity contribution in [3.05, 3.63) is 46.7 Å². The van der Waals surface area contributed by atoms with Gasteiger partial charge in [0.15, 0.2) is 5.78 Å². The number of hydrogen-bond donors (Lipinski definition) is 0. The molecule has 0 saturated carbocycles. The topological polar surface area (TPSA) is 34.9 Å². The molecule has 0 amide bonds. The van der Waals surface area contributed by atoms with Gasteiger partial charge in [-0.3, -0.25) is 9.48 Å². The molecular formula is C15H17ClN2OS. The smallest absolute Gasteiger partial charge is 0.192 e. The average Bonchev–Trinajstić information content (AvgIpc) is 2.80. The minimum Gasteiger partial charge on any atom is -0.291 e. The first-order chi connectivity index (χ1) is 9.49. The number of aromatic nitrogens is 2. The Kier molecular flexibility index (Phi) is 4.89. The summed E-state index contributed by atoms with van der Waals surface area (Å²) in [6, 6.07) is 8.24. The molecule has 0 N–H and O–H groups in total. The van der Waals surface area contributed by atoms with Crippen molar-refractivity contribution in [3.8, 4) is 0 Å². The largest absolute Gasteiger partial charge is 0.291 e. The van der Waals surface area contributed by atoms with Gasteiger partial charge in [0.05, 0.1) is 17.0 Å². The third kappa shape index (κ3) is 3.44. The normalized spacial score (nSPS) is 11.1. The highest BCUT2D eigenvalue weighted by molar-refractivity contribution is 8.00. The molecular weight excluding hydrogens is 292 g/mol. The van der Waals surface area contributed by atoms with Gasteiger partial charge in [-0.1, -0.05) is 29.3 Å². The number of ketones is 1. The van der Waals surface area contributed by atoms with Crippen LogP contribution in [-0.2, 0) is 0 Å². The van der Waals surface area contributed by atoms with E-state index in [4.69, 9.17) is 11.6 Å². The Bertz CT molecular complexity index is 605. The molecule has 0 unspecified atom stereocenters. The van der Waals surface area contributed by atoms with E-state index < -0.39 is 0 Å².